The van der Waals surface area contributed by atoms with Crippen molar-refractivity contribution >= 4 is 29.9 Å². The molecule has 0 aliphatic heterocycles. The predicted molar refractivity (Wildman–Crippen MR) is 117 cm³/mol. The SMILES string of the molecule is CN=C(NCCc1ccc(OC)c(OC(F)F)c1)N(C)Cc1cccn1C.I. The van der Waals surface area contributed by atoms with Crippen LogP contribution in [-0.2, 0) is 20.0 Å². The lowest BCUT2D eigenvalue weighted by Crippen LogP contribution is -2.39. The number of nitrogens with one attached hydrogen (secondary N) is 1. The molecule has 0 radical (unpaired) electrons. The minimum Gasteiger partial charge on any atom is -0.493 e. The number of aromatic nitrogens is 1. The minimum absolute atomic E-state index is 0. The summed E-state index contributed by atoms with van der Waals surface area (Å²) in [5, 5.41) is 3.28. The van der Waals surface area contributed by atoms with Crippen molar-refractivity contribution in [2.24, 2.45) is 12.0 Å². The van der Waals surface area contributed by atoms with Crippen LogP contribution in [0.25, 0.3) is 0 Å². The number of aryl methyl sites for hydroxylation is 1. The van der Waals surface area contributed by atoms with E-state index in [4.69, 9.17) is 4.74 Å². The van der Waals surface area contributed by atoms with Crippen LogP contribution in [0.15, 0.2) is 41.5 Å². The van der Waals surface area contributed by atoms with E-state index in [0.717, 1.165) is 18.1 Å². The van der Waals surface area contributed by atoms with Crippen LogP contribution in [0.3, 0.4) is 0 Å². The third-order valence-corrected chi connectivity index (χ3v) is 4.16. The van der Waals surface area contributed by atoms with Gasteiger partial charge in [-0.1, -0.05) is 6.07 Å². The molecule has 0 amide bonds. The van der Waals surface area contributed by atoms with Crippen molar-refractivity contribution in [3.05, 3.63) is 47.8 Å². The van der Waals surface area contributed by atoms with Crippen LogP contribution in [0.4, 0.5) is 8.78 Å². The number of guanidine groups is 1. The molecule has 0 aliphatic carbocycles. The molecule has 6 nitrogen and oxygen atoms in total. The molecule has 0 aliphatic rings. The quantitative estimate of drug-likeness (QED) is 0.337. The van der Waals surface area contributed by atoms with Gasteiger partial charge < -0.3 is 24.3 Å². The standard InChI is InChI=1S/C19H26F2N4O2.HI/c1-22-19(25(3)13-15-6-5-11-24(15)2)23-10-9-14-7-8-16(26-4)17(12-14)27-18(20)21;/h5-8,11-12,18H,9-10,13H2,1-4H3,(H,22,23);1H. The third kappa shape index (κ3) is 6.84. The van der Waals surface area contributed by atoms with E-state index in [2.05, 4.69) is 25.7 Å². The molecule has 28 heavy (non-hydrogen) atoms. The van der Waals surface area contributed by atoms with Gasteiger partial charge in [0.25, 0.3) is 0 Å². The summed E-state index contributed by atoms with van der Waals surface area (Å²) in [6, 6.07) is 9.09. The van der Waals surface area contributed by atoms with Gasteiger partial charge in [0.05, 0.1) is 13.7 Å². The monoisotopic (exact) mass is 508 g/mol. The van der Waals surface area contributed by atoms with E-state index in [-0.39, 0.29) is 35.5 Å². The van der Waals surface area contributed by atoms with Crippen LogP contribution in [0, 0.1) is 0 Å². The first kappa shape index (κ1) is 24.0. The van der Waals surface area contributed by atoms with Crippen molar-refractivity contribution in [1.29, 1.82) is 0 Å². The maximum Gasteiger partial charge on any atom is 0.387 e. The lowest BCUT2D eigenvalue weighted by atomic mass is 10.1. The van der Waals surface area contributed by atoms with Gasteiger partial charge in [0.1, 0.15) is 0 Å². The van der Waals surface area contributed by atoms with Crippen molar-refractivity contribution in [3.63, 3.8) is 0 Å². The van der Waals surface area contributed by atoms with Gasteiger partial charge in [0.15, 0.2) is 17.5 Å². The number of methoxy groups -OCH3 is 1. The number of nitrogens with zero attached hydrogens (tertiary/aromatic N) is 3. The zero-order valence-corrected chi connectivity index (χ0v) is 18.8. The topological polar surface area (TPSA) is 51.0 Å². The molecular weight excluding hydrogens is 481 g/mol. The minimum atomic E-state index is -2.89. The Kier molecular flexibility index (Phi) is 10.0. The van der Waals surface area contributed by atoms with Gasteiger partial charge in [-0.15, -0.1) is 24.0 Å². The first-order chi connectivity index (χ1) is 12.9. The number of hydrogen-bond acceptors (Lipinski definition) is 3. The summed E-state index contributed by atoms with van der Waals surface area (Å²) in [5.74, 6) is 1.08. The Bertz CT molecular complexity index is 768. The summed E-state index contributed by atoms with van der Waals surface area (Å²) >= 11 is 0. The van der Waals surface area contributed by atoms with Crippen molar-refractivity contribution in [1.82, 2.24) is 14.8 Å². The molecule has 9 heteroatoms. The van der Waals surface area contributed by atoms with Crippen LogP contribution in [-0.4, -0.2) is 49.8 Å². The molecule has 0 bridgehead atoms. The molecule has 1 aromatic heterocycles. The van der Waals surface area contributed by atoms with Gasteiger partial charge in [-0.25, -0.2) is 0 Å². The number of hydrogen-bond donors (Lipinski definition) is 1. The molecule has 0 saturated carbocycles. The van der Waals surface area contributed by atoms with Gasteiger partial charge in [-0.2, -0.15) is 8.78 Å². The molecule has 1 aromatic carbocycles. The molecule has 0 saturated heterocycles. The second-order valence-corrected chi connectivity index (χ2v) is 6.05. The van der Waals surface area contributed by atoms with Gasteiger partial charge in [-0.05, 0) is 36.2 Å². The van der Waals surface area contributed by atoms with Gasteiger partial charge in [0.2, 0.25) is 0 Å². The fourth-order valence-corrected chi connectivity index (χ4v) is 2.75. The maximum absolute atomic E-state index is 12.5. The molecule has 156 valence electrons. The van der Waals surface area contributed by atoms with Crippen molar-refractivity contribution < 1.29 is 18.3 Å². The first-order valence-electron chi connectivity index (χ1n) is 8.58. The number of halogens is 3. The van der Waals surface area contributed by atoms with E-state index >= 15 is 0 Å². The zero-order valence-electron chi connectivity index (χ0n) is 16.5. The Hall–Kier alpha value is -2.04. The molecule has 0 spiro atoms. The molecule has 1 heterocycles. The summed E-state index contributed by atoms with van der Waals surface area (Å²) < 4.78 is 36.7. The smallest absolute Gasteiger partial charge is 0.387 e. The van der Waals surface area contributed by atoms with E-state index < -0.39 is 6.61 Å². The van der Waals surface area contributed by atoms with Crippen LogP contribution >= 0.6 is 24.0 Å². The fraction of sp³-hybridized carbons (Fsp3) is 0.421. The van der Waals surface area contributed by atoms with E-state index in [1.807, 2.05) is 37.3 Å². The van der Waals surface area contributed by atoms with E-state index in [1.165, 1.54) is 12.8 Å². The molecule has 2 aromatic rings. The van der Waals surface area contributed by atoms with E-state index in [1.54, 1.807) is 19.2 Å². The van der Waals surface area contributed by atoms with Crippen LogP contribution in [0.1, 0.15) is 11.3 Å². The summed E-state index contributed by atoms with van der Waals surface area (Å²) in [7, 11) is 7.11. The average molecular weight is 508 g/mol. The average Bonchev–Trinajstić information content (AvgIpc) is 3.03. The lowest BCUT2D eigenvalue weighted by Gasteiger charge is -2.22. The number of benzene rings is 1. The summed E-state index contributed by atoms with van der Waals surface area (Å²) in [6.45, 7) is -1.57. The zero-order chi connectivity index (χ0) is 19.8. The molecular formula is C19H27F2IN4O2. The van der Waals surface area contributed by atoms with Crippen molar-refractivity contribution in [2.45, 2.75) is 19.6 Å². The number of rotatable bonds is 8. The van der Waals surface area contributed by atoms with Gasteiger partial charge >= 0.3 is 6.61 Å². The van der Waals surface area contributed by atoms with Gasteiger partial charge in [-0.3, -0.25) is 4.99 Å². The Labute approximate surface area is 181 Å². The highest BCUT2D eigenvalue weighted by Gasteiger charge is 2.12. The van der Waals surface area contributed by atoms with Crippen LogP contribution in [0.5, 0.6) is 11.5 Å². The fourth-order valence-electron chi connectivity index (χ4n) is 2.75. The van der Waals surface area contributed by atoms with Gasteiger partial charge in [0, 0.05) is 39.6 Å². The summed E-state index contributed by atoms with van der Waals surface area (Å²) in [5.41, 5.74) is 2.03. The lowest BCUT2D eigenvalue weighted by molar-refractivity contribution is -0.0512. The largest absolute Gasteiger partial charge is 0.493 e. The molecule has 0 fully saturated rings. The Morgan fingerprint density at radius 1 is 1.29 bits per heavy atom. The van der Waals surface area contributed by atoms with E-state index in [0.29, 0.717) is 13.0 Å². The summed E-state index contributed by atoms with van der Waals surface area (Å²) in [4.78, 5) is 6.31. The Morgan fingerprint density at radius 2 is 2.04 bits per heavy atom. The maximum atomic E-state index is 12.5. The molecule has 1 N–H and O–H groups in total. The molecule has 2 rings (SSSR count). The Morgan fingerprint density at radius 3 is 2.61 bits per heavy atom. The highest BCUT2D eigenvalue weighted by molar-refractivity contribution is 14.0. The van der Waals surface area contributed by atoms with Crippen molar-refractivity contribution in [2.75, 3.05) is 27.7 Å². The van der Waals surface area contributed by atoms with Crippen LogP contribution < -0.4 is 14.8 Å². The normalized spacial score (nSPS) is 11.2. The van der Waals surface area contributed by atoms with Crippen molar-refractivity contribution in [3.8, 4) is 11.5 Å². The molecule has 0 unspecified atom stereocenters. The summed E-state index contributed by atoms with van der Waals surface area (Å²) in [6.07, 6.45) is 2.63. The highest BCUT2D eigenvalue weighted by Crippen LogP contribution is 2.29. The number of ether oxygens (including phenoxy) is 2. The third-order valence-electron chi connectivity index (χ3n) is 4.16. The second-order valence-electron chi connectivity index (χ2n) is 6.05. The second kappa shape index (κ2) is 11.7. The predicted octanol–water partition coefficient (Wildman–Crippen LogP) is 3.50. The van der Waals surface area contributed by atoms with E-state index in [9.17, 15) is 8.78 Å². The first-order valence-corrected chi connectivity index (χ1v) is 8.58. The number of alkyl halides is 2. The number of aliphatic imine (C=N–C) groups is 1. The Balaban J connectivity index is 0.00000392. The highest BCUT2D eigenvalue weighted by atomic mass is 127. The van der Waals surface area contributed by atoms with Crippen LogP contribution in [0.2, 0.25) is 0 Å². The molecule has 0 atom stereocenters.